The van der Waals surface area contributed by atoms with Crippen LogP contribution in [-0.4, -0.2) is 9.55 Å². The second-order valence-electron chi connectivity index (χ2n) is 3.04. The molecule has 3 heteroatoms. The summed E-state index contributed by atoms with van der Waals surface area (Å²) in [6.07, 6.45) is 6.60. The Hall–Kier alpha value is -0.310. The smallest absolute Gasteiger partial charge is 0.122 e. The van der Waals surface area contributed by atoms with Crippen molar-refractivity contribution in [2.24, 2.45) is 0 Å². The quantitative estimate of drug-likeness (QED) is 0.693. The van der Waals surface area contributed by atoms with Crippen molar-refractivity contribution >= 4 is 15.9 Å². The molecule has 2 nitrogen and oxygen atoms in total. The SMILES string of the molecule is CC(Br)c1nccn1C1CC1. The monoisotopic (exact) mass is 214 g/mol. The number of imidazole rings is 1. The number of halogens is 1. The van der Waals surface area contributed by atoms with Gasteiger partial charge in [-0.25, -0.2) is 4.98 Å². The van der Waals surface area contributed by atoms with Gasteiger partial charge in [0.05, 0.1) is 4.83 Å². The van der Waals surface area contributed by atoms with Crippen LogP contribution in [0.4, 0.5) is 0 Å². The van der Waals surface area contributed by atoms with E-state index in [-0.39, 0.29) is 0 Å². The molecule has 2 rings (SSSR count). The summed E-state index contributed by atoms with van der Waals surface area (Å²) < 4.78 is 2.28. The van der Waals surface area contributed by atoms with Crippen molar-refractivity contribution in [2.45, 2.75) is 30.6 Å². The van der Waals surface area contributed by atoms with Gasteiger partial charge in [-0.1, -0.05) is 15.9 Å². The van der Waals surface area contributed by atoms with E-state index in [2.05, 4.69) is 38.6 Å². The van der Waals surface area contributed by atoms with Crippen LogP contribution in [0, 0.1) is 0 Å². The largest absolute Gasteiger partial charge is 0.331 e. The summed E-state index contributed by atoms with van der Waals surface area (Å²) in [7, 11) is 0. The van der Waals surface area contributed by atoms with Crippen LogP contribution in [0.25, 0.3) is 0 Å². The molecule has 11 heavy (non-hydrogen) atoms. The third kappa shape index (κ3) is 1.34. The van der Waals surface area contributed by atoms with E-state index >= 15 is 0 Å². The first kappa shape index (κ1) is 7.35. The first-order valence-electron chi connectivity index (χ1n) is 3.96. The highest BCUT2D eigenvalue weighted by Gasteiger charge is 2.26. The fraction of sp³-hybridized carbons (Fsp3) is 0.625. The minimum absolute atomic E-state index is 0.373. The predicted molar refractivity (Wildman–Crippen MR) is 47.8 cm³/mol. The van der Waals surface area contributed by atoms with Gasteiger partial charge in [-0.2, -0.15) is 0 Å². The summed E-state index contributed by atoms with van der Waals surface area (Å²) in [5, 5.41) is 0. The zero-order valence-electron chi connectivity index (χ0n) is 6.50. The molecule has 1 fully saturated rings. The second-order valence-corrected chi connectivity index (χ2v) is 4.41. The minimum Gasteiger partial charge on any atom is -0.331 e. The molecule has 0 aliphatic heterocycles. The number of rotatable bonds is 2. The number of aromatic nitrogens is 2. The van der Waals surface area contributed by atoms with Crippen molar-refractivity contribution in [3.63, 3.8) is 0 Å². The minimum atomic E-state index is 0.373. The van der Waals surface area contributed by atoms with Gasteiger partial charge >= 0.3 is 0 Å². The van der Waals surface area contributed by atoms with Crippen LogP contribution in [0.2, 0.25) is 0 Å². The van der Waals surface area contributed by atoms with Gasteiger partial charge < -0.3 is 4.57 Å². The molecule has 0 amide bonds. The molecule has 1 aliphatic rings. The molecule has 1 aliphatic carbocycles. The van der Waals surface area contributed by atoms with Gasteiger partial charge in [0.25, 0.3) is 0 Å². The Morgan fingerprint density at radius 2 is 2.45 bits per heavy atom. The molecule has 0 N–H and O–H groups in total. The summed E-state index contributed by atoms with van der Waals surface area (Å²) >= 11 is 3.53. The molecule has 0 spiro atoms. The number of nitrogens with zero attached hydrogens (tertiary/aromatic N) is 2. The molecule has 1 aromatic rings. The fourth-order valence-corrected chi connectivity index (χ4v) is 1.65. The van der Waals surface area contributed by atoms with E-state index in [1.54, 1.807) is 0 Å². The number of alkyl halides is 1. The van der Waals surface area contributed by atoms with Crippen LogP contribution in [0.3, 0.4) is 0 Å². The molecule has 1 heterocycles. The lowest BCUT2D eigenvalue weighted by atomic mass is 10.4. The Labute approximate surface area is 74.8 Å². The maximum absolute atomic E-state index is 4.29. The van der Waals surface area contributed by atoms with Gasteiger partial charge in [0, 0.05) is 18.4 Å². The molecule has 1 aromatic heterocycles. The molecular formula is C8H11BrN2. The Balaban J connectivity index is 2.30. The summed E-state index contributed by atoms with van der Waals surface area (Å²) in [4.78, 5) is 4.67. The van der Waals surface area contributed by atoms with Crippen LogP contribution >= 0.6 is 15.9 Å². The average Bonchev–Trinajstić information content (AvgIpc) is 2.68. The highest BCUT2D eigenvalue weighted by Crippen LogP contribution is 2.37. The van der Waals surface area contributed by atoms with Crippen molar-refractivity contribution in [3.8, 4) is 0 Å². The summed E-state index contributed by atoms with van der Waals surface area (Å²) in [5.41, 5.74) is 0. The normalized spacial score (nSPS) is 20.2. The zero-order chi connectivity index (χ0) is 7.84. The van der Waals surface area contributed by atoms with E-state index in [0.29, 0.717) is 4.83 Å². The van der Waals surface area contributed by atoms with Gasteiger partial charge in [0.15, 0.2) is 0 Å². The highest BCUT2D eigenvalue weighted by atomic mass is 79.9. The molecular weight excluding hydrogens is 204 g/mol. The topological polar surface area (TPSA) is 17.8 Å². The van der Waals surface area contributed by atoms with Crippen LogP contribution in [0.1, 0.15) is 36.5 Å². The fourth-order valence-electron chi connectivity index (χ4n) is 1.29. The summed E-state index contributed by atoms with van der Waals surface area (Å²) in [6, 6.07) is 0.743. The maximum Gasteiger partial charge on any atom is 0.122 e. The van der Waals surface area contributed by atoms with Crippen molar-refractivity contribution < 1.29 is 0 Å². The number of hydrogen-bond acceptors (Lipinski definition) is 1. The lowest BCUT2D eigenvalue weighted by molar-refractivity contribution is 0.686. The molecule has 0 aromatic carbocycles. The first-order valence-corrected chi connectivity index (χ1v) is 4.87. The van der Waals surface area contributed by atoms with E-state index in [9.17, 15) is 0 Å². The van der Waals surface area contributed by atoms with Crippen molar-refractivity contribution in [2.75, 3.05) is 0 Å². The van der Waals surface area contributed by atoms with Crippen molar-refractivity contribution in [3.05, 3.63) is 18.2 Å². The van der Waals surface area contributed by atoms with E-state index in [1.165, 1.54) is 12.8 Å². The maximum atomic E-state index is 4.29. The lowest BCUT2D eigenvalue weighted by Crippen LogP contribution is -2.00. The standard InChI is InChI=1S/C8H11BrN2/c1-6(9)8-10-4-5-11(8)7-2-3-7/h4-7H,2-3H2,1H3. The van der Waals surface area contributed by atoms with Crippen molar-refractivity contribution in [1.82, 2.24) is 9.55 Å². The van der Waals surface area contributed by atoms with Crippen molar-refractivity contribution in [1.29, 1.82) is 0 Å². The van der Waals surface area contributed by atoms with Gasteiger partial charge in [-0.05, 0) is 19.8 Å². The average molecular weight is 215 g/mol. The van der Waals surface area contributed by atoms with Crippen LogP contribution in [-0.2, 0) is 0 Å². The van der Waals surface area contributed by atoms with Gasteiger partial charge in [0.1, 0.15) is 5.82 Å². The van der Waals surface area contributed by atoms with Gasteiger partial charge in [0.2, 0.25) is 0 Å². The lowest BCUT2D eigenvalue weighted by Gasteiger charge is -2.06. The van der Waals surface area contributed by atoms with Crippen LogP contribution in [0.15, 0.2) is 12.4 Å². The molecule has 60 valence electrons. The third-order valence-corrected chi connectivity index (χ3v) is 2.40. The molecule has 0 radical (unpaired) electrons. The highest BCUT2D eigenvalue weighted by molar-refractivity contribution is 9.09. The summed E-state index contributed by atoms with van der Waals surface area (Å²) in [6.45, 7) is 2.11. The molecule has 1 atom stereocenters. The number of hydrogen-bond donors (Lipinski definition) is 0. The van der Waals surface area contributed by atoms with Gasteiger partial charge in [-0.3, -0.25) is 0 Å². The first-order chi connectivity index (χ1) is 5.29. The second kappa shape index (κ2) is 2.63. The summed E-state index contributed by atoms with van der Waals surface area (Å²) in [5.74, 6) is 1.16. The molecule has 1 unspecified atom stereocenters. The van der Waals surface area contributed by atoms with E-state index in [0.717, 1.165) is 11.9 Å². The van der Waals surface area contributed by atoms with E-state index in [1.807, 2.05) is 6.20 Å². The van der Waals surface area contributed by atoms with Crippen LogP contribution < -0.4 is 0 Å². The Bertz CT molecular complexity index is 234. The van der Waals surface area contributed by atoms with Gasteiger partial charge in [-0.15, -0.1) is 0 Å². The Morgan fingerprint density at radius 3 is 3.00 bits per heavy atom. The predicted octanol–water partition coefficient (Wildman–Crippen LogP) is 2.67. The zero-order valence-corrected chi connectivity index (χ0v) is 8.08. The molecule has 0 saturated heterocycles. The molecule has 1 saturated carbocycles. The van der Waals surface area contributed by atoms with E-state index < -0.39 is 0 Å². The third-order valence-electron chi connectivity index (χ3n) is 1.99. The Kier molecular flexibility index (Phi) is 1.75. The van der Waals surface area contributed by atoms with E-state index in [4.69, 9.17) is 0 Å². The van der Waals surface area contributed by atoms with Crippen LogP contribution in [0.5, 0.6) is 0 Å². The molecule has 0 bridgehead atoms. The Morgan fingerprint density at radius 1 is 1.73 bits per heavy atom.